The summed E-state index contributed by atoms with van der Waals surface area (Å²) in [6.07, 6.45) is 7.91. The number of nitrogens with two attached hydrogens (primary N) is 2. The number of hydrogen-bond acceptors (Lipinski definition) is 4. The lowest BCUT2D eigenvalue weighted by Gasteiger charge is -2.39. The van der Waals surface area contributed by atoms with Gasteiger partial charge < -0.3 is 21.6 Å². The first-order chi connectivity index (χ1) is 11.5. The van der Waals surface area contributed by atoms with Gasteiger partial charge >= 0.3 is 0 Å². The zero-order valence-electron chi connectivity index (χ0n) is 14.6. The molecule has 132 valence electrons. The number of rotatable bonds is 2. The minimum Gasteiger partial charge on any atom is -0.374 e. The summed E-state index contributed by atoms with van der Waals surface area (Å²) in [4.78, 5) is 6.18. The van der Waals surface area contributed by atoms with E-state index in [2.05, 4.69) is 22.9 Å². The van der Waals surface area contributed by atoms with Crippen LogP contribution >= 0.6 is 0 Å². The number of aliphatic hydroxyl groups is 1. The fourth-order valence-electron chi connectivity index (χ4n) is 4.89. The van der Waals surface area contributed by atoms with E-state index in [1.165, 1.54) is 29.7 Å². The summed E-state index contributed by atoms with van der Waals surface area (Å²) in [5.74, 6) is 0.717. The molecule has 1 saturated heterocycles. The van der Waals surface area contributed by atoms with Crippen LogP contribution in [-0.4, -0.2) is 40.3 Å². The maximum Gasteiger partial charge on any atom is 0.130 e. The summed E-state index contributed by atoms with van der Waals surface area (Å²) in [6, 6.07) is 0.657. The van der Waals surface area contributed by atoms with E-state index in [9.17, 15) is 5.11 Å². The molecule has 4 atom stereocenters. The standard InChI is InChI=1S/C19H30N4O/c1-11-4-5-13-15(9-11)22-18-14(19(21)24)6-7-16(17(13)18)23-8-2-3-12(20)10-23/h6,11-12,16,19,22,24H,2-5,7-10,20-21H2,1H3/t11?,12-,16?,19?/m0/s1. The highest BCUT2D eigenvalue weighted by Crippen LogP contribution is 2.43. The number of aliphatic hydroxyl groups excluding tert-OH is 1. The molecule has 0 aromatic carbocycles. The molecule has 3 unspecified atom stereocenters. The highest BCUT2D eigenvalue weighted by Gasteiger charge is 2.36. The Bertz CT molecular complexity index is 648. The molecule has 0 amide bonds. The molecule has 0 radical (unpaired) electrons. The molecule has 0 saturated carbocycles. The summed E-state index contributed by atoms with van der Waals surface area (Å²) in [5, 5.41) is 10.0. The molecular weight excluding hydrogens is 300 g/mol. The van der Waals surface area contributed by atoms with E-state index >= 15 is 0 Å². The number of likely N-dealkylation sites (tertiary alicyclic amines) is 1. The van der Waals surface area contributed by atoms with Gasteiger partial charge in [0.15, 0.2) is 0 Å². The Morgan fingerprint density at radius 3 is 2.96 bits per heavy atom. The third-order valence-corrected chi connectivity index (χ3v) is 6.11. The van der Waals surface area contributed by atoms with Gasteiger partial charge in [-0.25, -0.2) is 0 Å². The first-order valence-electron chi connectivity index (χ1n) is 9.42. The maximum atomic E-state index is 10.0. The van der Waals surface area contributed by atoms with Crippen molar-refractivity contribution in [1.29, 1.82) is 0 Å². The second-order valence-corrected chi connectivity index (χ2v) is 7.97. The van der Waals surface area contributed by atoms with Gasteiger partial charge in [0.25, 0.3) is 0 Å². The van der Waals surface area contributed by atoms with Crippen LogP contribution in [0.1, 0.15) is 61.2 Å². The number of piperidine rings is 1. The van der Waals surface area contributed by atoms with Crippen LogP contribution < -0.4 is 11.5 Å². The fourth-order valence-corrected chi connectivity index (χ4v) is 4.89. The van der Waals surface area contributed by atoms with E-state index in [4.69, 9.17) is 11.5 Å². The molecule has 1 aromatic heterocycles. The van der Waals surface area contributed by atoms with E-state index in [0.29, 0.717) is 6.04 Å². The molecule has 6 N–H and O–H groups in total. The molecular formula is C19H30N4O. The molecule has 5 heteroatoms. The van der Waals surface area contributed by atoms with Crippen molar-refractivity contribution in [3.05, 3.63) is 28.6 Å². The Morgan fingerprint density at radius 1 is 1.38 bits per heavy atom. The van der Waals surface area contributed by atoms with Gasteiger partial charge in [0, 0.05) is 29.9 Å². The lowest BCUT2D eigenvalue weighted by molar-refractivity contribution is 0.147. The molecule has 1 aromatic rings. The average molecular weight is 330 g/mol. The highest BCUT2D eigenvalue weighted by molar-refractivity contribution is 5.73. The number of H-pyrrole nitrogens is 1. The molecule has 2 aliphatic carbocycles. The van der Waals surface area contributed by atoms with Crippen LogP contribution in [0, 0.1) is 5.92 Å². The predicted molar refractivity (Wildman–Crippen MR) is 96.3 cm³/mol. The predicted octanol–water partition coefficient (Wildman–Crippen LogP) is 1.67. The van der Waals surface area contributed by atoms with Crippen molar-refractivity contribution in [1.82, 2.24) is 9.88 Å². The lowest BCUT2D eigenvalue weighted by atomic mass is 9.82. The van der Waals surface area contributed by atoms with Crippen molar-refractivity contribution < 1.29 is 5.11 Å². The van der Waals surface area contributed by atoms with Crippen LogP contribution in [0.3, 0.4) is 0 Å². The summed E-state index contributed by atoms with van der Waals surface area (Å²) in [7, 11) is 0. The third-order valence-electron chi connectivity index (χ3n) is 6.11. The maximum absolute atomic E-state index is 10.0. The molecule has 1 fully saturated rings. The minimum atomic E-state index is -0.911. The number of hydrogen-bond donors (Lipinski definition) is 4. The van der Waals surface area contributed by atoms with Crippen molar-refractivity contribution in [3.63, 3.8) is 0 Å². The second-order valence-electron chi connectivity index (χ2n) is 7.97. The third kappa shape index (κ3) is 2.73. The van der Waals surface area contributed by atoms with Gasteiger partial charge in [0.2, 0.25) is 0 Å². The molecule has 1 aliphatic heterocycles. The molecule has 24 heavy (non-hydrogen) atoms. The topological polar surface area (TPSA) is 91.3 Å². The fraction of sp³-hybridized carbons (Fsp3) is 0.684. The van der Waals surface area contributed by atoms with Crippen molar-refractivity contribution >= 4 is 5.57 Å². The number of nitrogens with zero attached hydrogens (tertiary/aromatic N) is 1. The first-order valence-corrected chi connectivity index (χ1v) is 9.42. The Labute approximate surface area is 144 Å². The van der Waals surface area contributed by atoms with Crippen molar-refractivity contribution in [2.45, 2.75) is 63.8 Å². The largest absolute Gasteiger partial charge is 0.374 e. The quantitative estimate of drug-likeness (QED) is 0.621. The molecule has 3 aliphatic rings. The van der Waals surface area contributed by atoms with Crippen molar-refractivity contribution in [3.8, 4) is 0 Å². The van der Waals surface area contributed by atoms with Gasteiger partial charge in [-0.3, -0.25) is 4.90 Å². The van der Waals surface area contributed by atoms with Gasteiger partial charge in [-0.1, -0.05) is 13.0 Å². The molecule has 0 bridgehead atoms. The lowest BCUT2D eigenvalue weighted by Crippen LogP contribution is -2.45. The zero-order chi connectivity index (χ0) is 16.8. The van der Waals surface area contributed by atoms with Gasteiger partial charge in [-0.15, -0.1) is 0 Å². The van der Waals surface area contributed by atoms with Gasteiger partial charge in [-0.2, -0.15) is 0 Å². The number of nitrogens with one attached hydrogen (secondary N) is 1. The molecule has 0 spiro atoms. The van der Waals surface area contributed by atoms with E-state index in [1.807, 2.05) is 0 Å². The van der Waals surface area contributed by atoms with Crippen LogP contribution in [-0.2, 0) is 12.8 Å². The van der Waals surface area contributed by atoms with E-state index in [-0.39, 0.29) is 6.04 Å². The van der Waals surface area contributed by atoms with E-state index < -0.39 is 6.23 Å². The summed E-state index contributed by atoms with van der Waals surface area (Å²) in [5.41, 5.74) is 18.3. The van der Waals surface area contributed by atoms with Crippen LogP contribution in [0.4, 0.5) is 0 Å². The zero-order valence-corrected chi connectivity index (χ0v) is 14.6. The Hall–Kier alpha value is -1.14. The monoisotopic (exact) mass is 330 g/mol. The molecule has 4 rings (SSSR count). The highest BCUT2D eigenvalue weighted by atomic mass is 16.3. The Kier molecular flexibility index (Phi) is 4.29. The van der Waals surface area contributed by atoms with Gasteiger partial charge in [-0.05, 0) is 62.1 Å². The molecule has 5 nitrogen and oxygen atoms in total. The van der Waals surface area contributed by atoms with Crippen molar-refractivity contribution in [2.24, 2.45) is 17.4 Å². The van der Waals surface area contributed by atoms with E-state index in [1.54, 1.807) is 0 Å². The van der Waals surface area contributed by atoms with Crippen LogP contribution in [0.2, 0.25) is 0 Å². The minimum absolute atomic E-state index is 0.280. The summed E-state index contributed by atoms with van der Waals surface area (Å²) in [6.45, 7) is 4.40. The Balaban J connectivity index is 1.75. The van der Waals surface area contributed by atoms with Crippen LogP contribution in [0.5, 0.6) is 0 Å². The molecule has 2 heterocycles. The number of fused-ring (bicyclic) bond motifs is 3. The average Bonchev–Trinajstić information content (AvgIpc) is 2.91. The van der Waals surface area contributed by atoms with Gasteiger partial charge in [0.1, 0.15) is 6.23 Å². The summed E-state index contributed by atoms with van der Waals surface area (Å²) >= 11 is 0. The first kappa shape index (κ1) is 16.3. The normalized spacial score (nSPS) is 32.0. The second kappa shape index (κ2) is 6.30. The number of aromatic amines is 1. The van der Waals surface area contributed by atoms with Crippen LogP contribution in [0.25, 0.3) is 5.57 Å². The SMILES string of the molecule is CC1CCc2c([nH]c3c2C(N2CCC[C@H](N)C2)CC=C3C(N)O)C1. The van der Waals surface area contributed by atoms with Gasteiger partial charge in [0.05, 0.1) is 5.69 Å². The van der Waals surface area contributed by atoms with Crippen molar-refractivity contribution in [2.75, 3.05) is 13.1 Å². The summed E-state index contributed by atoms with van der Waals surface area (Å²) < 4.78 is 0. The Morgan fingerprint density at radius 2 is 2.21 bits per heavy atom. The smallest absolute Gasteiger partial charge is 0.130 e. The van der Waals surface area contributed by atoms with Crippen LogP contribution in [0.15, 0.2) is 6.08 Å². The van der Waals surface area contributed by atoms with E-state index in [0.717, 1.165) is 56.0 Å². The number of aromatic nitrogens is 1.